The molecule has 0 saturated heterocycles. The first-order chi connectivity index (χ1) is 8.84. The number of ketones is 1. The highest BCUT2D eigenvalue weighted by Gasteiger charge is 2.14. The van der Waals surface area contributed by atoms with Crippen LogP contribution in [-0.4, -0.2) is 18.9 Å². The minimum atomic E-state index is -0.268. The fourth-order valence-corrected chi connectivity index (χ4v) is 1.80. The van der Waals surface area contributed by atoms with E-state index in [-0.39, 0.29) is 17.2 Å². The first kappa shape index (κ1) is 15.4. The second-order valence-electron chi connectivity index (χ2n) is 5.68. The number of rotatable bonds is 5. The third kappa shape index (κ3) is 4.86. The minimum absolute atomic E-state index is 0.0735. The molecule has 0 aromatic heterocycles. The summed E-state index contributed by atoms with van der Waals surface area (Å²) in [6, 6.07) is 7.71. The van der Waals surface area contributed by atoms with Crippen LogP contribution in [0.1, 0.15) is 56.0 Å². The van der Waals surface area contributed by atoms with Crippen molar-refractivity contribution in [3.05, 3.63) is 35.4 Å². The van der Waals surface area contributed by atoms with Gasteiger partial charge in [-0.3, -0.25) is 9.59 Å². The molecule has 0 saturated carbocycles. The quantitative estimate of drug-likeness (QED) is 0.602. The average molecular weight is 262 g/mol. The molecular weight excluding hydrogens is 240 g/mol. The zero-order valence-electron chi connectivity index (χ0n) is 12.2. The van der Waals surface area contributed by atoms with Gasteiger partial charge in [-0.25, -0.2) is 0 Å². The molecule has 0 unspecified atom stereocenters. The standard InChI is InChI=1S/C16H22O3/c1-16(2,3)13-10-8-12(9-11-13)14(17)6-5-7-15(18)19-4/h8-11H,5-7H2,1-4H3. The van der Waals surface area contributed by atoms with E-state index in [1.54, 1.807) is 0 Å². The third-order valence-electron chi connectivity index (χ3n) is 3.09. The van der Waals surface area contributed by atoms with E-state index in [9.17, 15) is 9.59 Å². The summed E-state index contributed by atoms with van der Waals surface area (Å²) in [6.45, 7) is 6.42. The summed E-state index contributed by atoms with van der Waals surface area (Å²) >= 11 is 0. The Labute approximate surface area is 115 Å². The molecule has 0 heterocycles. The molecule has 0 aliphatic rings. The van der Waals surface area contributed by atoms with Gasteiger partial charge < -0.3 is 4.74 Å². The molecule has 3 heteroatoms. The Bertz CT molecular complexity index is 438. The largest absolute Gasteiger partial charge is 0.469 e. The van der Waals surface area contributed by atoms with Crippen LogP contribution in [-0.2, 0) is 14.9 Å². The van der Waals surface area contributed by atoms with Crippen molar-refractivity contribution < 1.29 is 14.3 Å². The fraction of sp³-hybridized carbons (Fsp3) is 0.500. The Morgan fingerprint density at radius 1 is 1.05 bits per heavy atom. The molecule has 104 valence electrons. The highest BCUT2D eigenvalue weighted by molar-refractivity contribution is 5.96. The van der Waals surface area contributed by atoms with Crippen molar-refractivity contribution in [2.75, 3.05) is 7.11 Å². The SMILES string of the molecule is COC(=O)CCCC(=O)c1ccc(C(C)(C)C)cc1. The number of ether oxygens (including phenoxy) is 1. The molecule has 0 aliphatic heterocycles. The maximum atomic E-state index is 11.9. The van der Waals surface area contributed by atoms with Gasteiger partial charge in [0.25, 0.3) is 0 Å². The molecule has 1 rings (SSSR count). The zero-order valence-corrected chi connectivity index (χ0v) is 12.2. The topological polar surface area (TPSA) is 43.4 Å². The summed E-state index contributed by atoms with van der Waals surface area (Å²) in [5.74, 6) is -0.194. The van der Waals surface area contributed by atoms with Gasteiger partial charge in [0.15, 0.2) is 5.78 Å². The normalized spacial score (nSPS) is 11.2. The Hall–Kier alpha value is -1.64. The number of carbonyl (C=O) groups excluding carboxylic acids is 2. The number of hydrogen-bond acceptors (Lipinski definition) is 3. The van der Waals surface area contributed by atoms with E-state index in [2.05, 4.69) is 25.5 Å². The van der Waals surface area contributed by atoms with E-state index in [1.807, 2.05) is 24.3 Å². The molecule has 19 heavy (non-hydrogen) atoms. The first-order valence-electron chi connectivity index (χ1n) is 6.55. The van der Waals surface area contributed by atoms with Crippen molar-refractivity contribution in [3.63, 3.8) is 0 Å². The van der Waals surface area contributed by atoms with Crippen LogP contribution >= 0.6 is 0 Å². The molecular formula is C16H22O3. The summed E-state index contributed by atoms with van der Waals surface area (Å²) in [7, 11) is 1.36. The van der Waals surface area contributed by atoms with Crippen molar-refractivity contribution >= 4 is 11.8 Å². The van der Waals surface area contributed by atoms with E-state index in [0.717, 1.165) is 0 Å². The van der Waals surface area contributed by atoms with Crippen LogP contribution in [0.5, 0.6) is 0 Å². The molecule has 0 N–H and O–H groups in total. The predicted molar refractivity (Wildman–Crippen MR) is 75.3 cm³/mol. The lowest BCUT2D eigenvalue weighted by atomic mass is 9.86. The zero-order chi connectivity index (χ0) is 14.5. The molecule has 0 spiro atoms. The molecule has 0 amide bonds. The lowest BCUT2D eigenvalue weighted by Gasteiger charge is -2.18. The van der Waals surface area contributed by atoms with Crippen LogP contribution in [0.25, 0.3) is 0 Å². The van der Waals surface area contributed by atoms with Gasteiger partial charge in [-0.15, -0.1) is 0 Å². The fourth-order valence-electron chi connectivity index (χ4n) is 1.80. The van der Waals surface area contributed by atoms with E-state index >= 15 is 0 Å². The van der Waals surface area contributed by atoms with E-state index < -0.39 is 0 Å². The maximum absolute atomic E-state index is 11.9. The molecule has 1 aromatic carbocycles. The average Bonchev–Trinajstić information content (AvgIpc) is 2.37. The van der Waals surface area contributed by atoms with Crippen LogP contribution in [0.4, 0.5) is 0 Å². The second kappa shape index (κ2) is 6.50. The maximum Gasteiger partial charge on any atom is 0.305 e. The van der Waals surface area contributed by atoms with Crippen molar-refractivity contribution in [3.8, 4) is 0 Å². The molecule has 3 nitrogen and oxygen atoms in total. The molecule has 0 fully saturated rings. The molecule has 0 radical (unpaired) electrons. The summed E-state index contributed by atoms with van der Waals surface area (Å²) in [5, 5.41) is 0. The smallest absolute Gasteiger partial charge is 0.305 e. The van der Waals surface area contributed by atoms with Crippen LogP contribution in [0.2, 0.25) is 0 Å². The Kier molecular flexibility index (Phi) is 5.28. The van der Waals surface area contributed by atoms with Crippen LogP contribution in [0.3, 0.4) is 0 Å². The van der Waals surface area contributed by atoms with Gasteiger partial charge in [0.05, 0.1) is 7.11 Å². The lowest BCUT2D eigenvalue weighted by Crippen LogP contribution is -2.11. The molecule has 0 atom stereocenters. The summed E-state index contributed by atoms with van der Waals surface area (Å²) in [4.78, 5) is 22.9. The molecule has 1 aromatic rings. The Morgan fingerprint density at radius 2 is 1.63 bits per heavy atom. The van der Waals surface area contributed by atoms with Crippen LogP contribution < -0.4 is 0 Å². The van der Waals surface area contributed by atoms with Crippen molar-refractivity contribution in [1.29, 1.82) is 0 Å². The summed E-state index contributed by atoms with van der Waals surface area (Å²) in [5.41, 5.74) is 2.00. The van der Waals surface area contributed by atoms with Gasteiger partial charge in [-0.2, -0.15) is 0 Å². The summed E-state index contributed by atoms with van der Waals surface area (Å²) < 4.78 is 4.54. The first-order valence-corrected chi connectivity index (χ1v) is 6.55. The van der Waals surface area contributed by atoms with Crippen LogP contribution in [0.15, 0.2) is 24.3 Å². The van der Waals surface area contributed by atoms with Gasteiger partial charge in [0.1, 0.15) is 0 Å². The van der Waals surface area contributed by atoms with Gasteiger partial charge in [0, 0.05) is 18.4 Å². The number of esters is 1. The number of benzene rings is 1. The number of Topliss-reactive ketones (excluding diaryl/α,β-unsaturated/α-hetero) is 1. The number of carbonyl (C=O) groups is 2. The van der Waals surface area contributed by atoms with E-state index in [1.165, 1.54) is 12.7 Å². The minimum Gasteiger partial charge on any atom is -0.469 e. The van der Waals surface area contributed by atoms with Gasteiger partial charge in [-0.1, -0.05) is 45.0 Å². The van der Waals surface area contributed by atoms with Gasteiger partial charge in [-0.05, 0) is 17.4 Å². The third-order valence-corrected chi connectivity index (χ3v) is 3.09. The highest BCUT2D eigenvalue weighted by Crippen LogP contribution is 2.22. The highest BCUT2D eigenvalue weighted by atomic mass is 16.5. The number of hydrogen-bond donors (Lipinski definition) is 0. The second-order valence-corrected chi connectivity index (χ2v) is 5.68. The molecule has 0 aliphatic carbocycles. The van der Waals surface area contributed by atoms with Crippen molar-refractivity contribution in [2.45, 2.75) is 45.4 Å². The van der Waals surface area contributed by atoms with Gasteiger partial charge in [0.2, 0.25) is 0 Å². The summed E-state index contributed by atoms with van der Waals surface area (Å²) in [6.07, 6.45) is 1.21. The van der Waals surface area contributed by atoms with Crippen molar-refractivity contribution in [2.24, 2.45) is 0 Å². The van der Waals surface area contributed by atoms with E-state index in [4.69, 9.17) is 0 Å². The molecule has 0 bridgehead atoms. The van der Waals surface area contributed by atoms with E-state index in [0.29, 0.717) is 24.8 Å². The Morgan fingerprint density at radius 3 is 2.11 bits per heavy atom. The number of methoxy groups -OCH3 is 1. The Balaban J connectivity index is 2.56. The lowest BCUT2D eigenvalue weighted by molar-refractivity contribution is -0.140. The van der Waals surface area contributed by atoms with Crippen molar-refractivity contribution in [1.82, 2.24) is 0 Å². The monoisotopic (exact) mass is 262 g/mol. The predicted octanol–water partition coefficient (Wildman–Crippen LogP) is 3.51. The van der Waals surface area contributed by atoms with Gasteiger partial charge >= 0.3 is 5.97 Å². The van der Waals surface area contributed by atoms with Crippen LogP contribution in [0, 0.1) is 0 Å².